The van der Waals surface area contributed by atoms with E-state index >= 15 is 0 Å². The smallest absolute Gasteiger partial charge is 0.439 e. The summed E-state index contributed by atoms with van der Waals surface area (Å²) in [7, 11) is 0. The van der Waals surface area contributed by atoms with Gasteiger partial charge in [-0.25, -0.2) is 4.98 Å². The van der Waals surface area contributed by atoms with Crippen LogP contribution in [0.25, 0.3) is 0 Å². The van der Waals surface area contributed by atoms with Crippen LogP contribution >= 0.6 is 0 Å². The Balaban J connectivity index is 2.30. The van der Waals surface area contributed by atoms with Crippen molar-refractivity contribution in [2.45, 2.75) is 13.1 Å². The van der Waals surface area contributed by atoms with Crippen LogP contribution in [0.3, 0.4) is 0 Å². The van der Waals surface area contributed by atoms with E-state index in [1.807, 2.05) is 6.92 Å². The molecule has 2 aromatic rings. The average Bonchev–Trinajstić information content (AvgIpc) is 2.30. The number of ether oxygens (including phenoxy) is 1. The van der Waals surface area contributed by atoms with Crippen LogP contribution in [0.1, 0.15) is 11.4 Å². The summed E-state index contributed by atoms with van der Waals surface area (Å²) in [6.45, 7) is 1.88. The van der Waals surface area contributed by atoms with Gasteiger partial charge in [-0.15, -0.1) is 0 Å². The Labute approximate surface area is 107 Å². The lowest BCUT2D eigenvalue weighted by molar-refractivity contribution is -0.145. The van der Waals surface area contributed by atoms with Crippen molar-refractivity contribution in [1.29, 1.82) is 0 Å². The van der Waals surface area contributed by atoms with E-state index in [0.29, 0.717) is 5.75 Å². The maximum Gasteiger partial charge on any atom is 0.451 e. The van der Waals surface area contributed by atoms with E-state index in [1.54, 1.807) is 24.3 Å². The second-order valence-corrected chi connectivity index (χ2v) is 3.87. The normalized spacial score (nSPS) is 11.4. The highest BCUT2D eigenvalue weighted by atomic mass is 19.4. The molecule has 0 aliphatic carbocycles. The molecule has 0 atom stereocenters. The molecule has 2 N–H and O–H groups in total. The standard InChI is InChI=1S/C12H10F3N3O/c1-7-2-4-8(5-3-7)19-10-6-9(16)17-11(18-10)12(13,14)15/h2-6H,1H3,(H2,16,17,18). The number of nitrogens with two attached hydrogens (primary N) is 1. The maximum absolute atomic E-state index is 12.5. The summed E-state index contributed by atoms with van der Waals surface area (Å²) < 4.78 is 42.7. The molecule has 0 saturated carbocycles. The number of hydrogen-bond acceptors (Lipinski definition) is 4. The molecular formula is C12H10F3N3O. The van der Waals surface area contributed by atoms with Crippen LogP contribution in [-0.4, -0.2) is 9.97 Å². The molecule has 0 aliphatic heterocycles. The SMILES string of the molecule is Cc1ccc(Oc2cc(N)nc(C(F)(F)F)n2)cc1. The zero-order valence-corrected chi connectivity index (χ0v) is 9.90. The molecule has 4 nitrogen and oxygen atoms in total. The molecule has 0 saturated heterocycles. The van der Waals surface area contributed by atoms with Crippen LogP contribution in [0.5, 0.6) is 11.6 Å². The van der Waals surface area contributed by atoms with Gasteiger partial charge in [0.05, 0.1) is 0 Å². The number of nitrogen functional groups attached to an aromatic ring is 1. The van der Waals surface area contributed by atoms with Crippen LogP contribution < -0.4 is 10.5 Å². The Hall–Kier alpha value is -2.31. The number of benzene rings is 1. The van der Waals surface area contributed by atoms with E-state index in [9.17, 15) is 13.2 Å². The van der Waals surface area contributed by atoms with E-state index in [0.717, 1.165) is 11.6 Å². The molecule has 0 fully saturated rings. The number of rotatable bonds is 2. The van der Waals surface area contributed by atoms with Gasteiger partial charge >= 0.3 is 6.18 Å². The Morgan fingerprint density at radius 2 is 1.74 bits per heavy atom. The Bertz CT molecular complexity index is 582. The first-order chi connectivity index (χ1) is 8.84. The topological polar surface area (TPSA) is 61.0 Å². The van der Waals surface area contributed by atoms with Gasteiger partial charge in [-0.3, -0.25) is 0 Å². The fourth-order valence-corrected chi connectivity index (χ4v) is 1.35. The summed E-state index contributed by atoms with van der Waals surface area (Å²) in [6.07, 6.45) is -4.67. The van der Waals surface area contributed by atoms with Crippen LogP contribution in [0.15, 0.2) is 30.3 Å². The van der Waals surface area contributed by atoms with E-state index < -0.39 is 12.0 Å². The summed E-state index contributed by atoms with van der Waals surface area (Å²) in [5.41, 5.74) is 6.31. The van der Waals surface area contributed by atoms with Gasteiger partial charge < -0.3 is 10.5 Å². The Kier molecular flexibility index (Phi) is 3.28. The second kappa shape index (κ2) is 4.75. The summed E-state index contributed by atoms with van der Waals surface area (Å²) in [4.78, 5) is 6.41. The molecule has 100 valence electrons. The number of nitrogens with zero attached hydrogens (tertiary/aromatic N) is 2. The minimum atomic E-state index is -4.67. The molecule has 19 heavy (non-hydrogen) atoms. The van der Waals surface area contributed by atoms with Gasteiger partial charge in [0.25, 0.3) is 0 Å². The Morgan fingerprint density at radius 3 is 2.32 bits per heavy atom. The molecule has 0 spiro atoms. The van der Waals surface area contributed by atoms with Gasteiger partial charge in [0.2, 0.25) is 11.7 Å². The lowest BCUT2D eigenvalue weighted by atomic mass is 10.2. The second-order valence-electron chi connectivity index (χ2n) is 3.87. The molecule has 0 radical (unpaired) electrons. The highest BCUT2D eigenvalue weighted by Gasteiger charge is 2.35. The lowest BCUT2D eigenvalue weighted by Gasteiger charge is -2.09. The van der Waals surface area contributed by atoms with Crippen LogP contribution in [0.2, 0.25) is 0 Å². The fraction of sp³-hybridized carbons (Fsp3) is 0.167. The number of aromatic nitrogens is 2. The van der Waals surface area contributed by atoms with Crippen molar-refractivity contribution in [2.75, 3.05) is 5.73 Å². The van der Waals surface area contributed by atoms with Crippen molar-refractivity contribution in [3.63, 3.8) is 0 Å². The van der Waals surface area contributed by atoms with Crippen LogP contribution in [0.4, 0.5) is 19.0 Å². The third-order valence-corrected chi connectivity index (χ3v) is 2.22. The third-order valence-electron chi connectivity index (χ3n) is 2.22. The van der Waals surface area contributed by atoms with Crippen molar-refractivity contribution in [3.8, 4) is 11.6 Å². The van der Waals surface area contributed by atoms with Crippen molar-refractivity contribution >= 4 is 5.82 Å². The Morgan fingerprint density at radius 1 is 1.11 bits per heavy atom. The molecule has 0 unspecified atom stereocenters. The molecule has 1 heterocycles. The van der Waals surface area contributed by atoms with Gasteiger partial charge in [-0.1, -0.05) is 17.7 Å². The van der Waals surface area contributed by atoms with Crippen LogP contribution in [0, 0.1) is 6.92 Å². The molecule has 1 aromatic heterocycles. The van der Waals surface area contributed by atoms with Gasteiger partial charge in [0.1, 0.15) is 11.6 Å². The predicted octanol–water partition coefficient (Wildman–Crippen LogP) is 3.18. The summed E-state index contributed by atoms with van der Waals surface area (Å²) in [5.74, 6) is -1.50. The van der Waals surface area contributed by atoms with Gasteiger partial charge in [0, 0.05) is 6.07 Å². The fourth-order valence-electron chi connectivity index (χ4n) is 1.35. The zero-order valence-electron chi connectivity index (χ0n) is 9.90. The number of halogens is 3. The monoisotopic (exact) mass is 269 g/mol. The molecule has 0 bridgehead atoms. The summed E-state index contributed by atoms with van der Waals surface area (Å²) >= 11 is 0. The van der Waals surface area contributed by atoms with E-state index in [-0.39, 0.29) is 11.7 Å². The van der Waals surface area contributed by atoms with E-state index in [2.05, 4.69) is 9.97 Å². The highest BCUT2D eigenvalue weighted by Crippen LogP contribution is 2.29. The van der Waals surface area contributed by atoms with Gasteiger partial charge in [-0.2, -0.15) is 18.2 Å². The third kappa shape index (κ3) is 3.34. The van der Waals surface area contributed by atoms with E-state index in [1.165, 1.54) is 0 Å². The first-order valence-corrected chi connectivity index (χ1v) is 5.31. The number of anilines is 1. The number of alkyl halides is 3. The summed E-state index contributed by atoms with van der Waals surface area (Å²) in [6, 6.07) is 7.92. The van der Waals surface area contributed by atoms with E-state index in [4.69, 9.17) is 10.5 Å². The van der Waals surface area contributed by atoms with Crippen LogP contribution in [-0.2, 0) is 6.18 Å². The van der Waals surface area contributed by atoms with Crippen molar-refractivity contribution in [1.82, 2.24) is 9.97 Å². The molecule has 2 rings (SSSR count). The minimum Gasteiger partial charge on any atom is -0.439 e. The van der Waals surface area contributed by atoms with Crippen molar-refractivity contribution in [2.24, 2.45) is 0 Å². The van der Waals surface area contributed by atoms with Crippen molar-refractivity contribution in [3.05, 3.63) is 41.7 Å². The zero-order chi connectivity index (χ0) is 14.0. The predicted molar refractivity (Wildman–Crippen MR) is 62.7 cm³/mol. The summed E-state index contributed by atoms with van der Waals surface area (Å²) in [5, 5.41) is 0. The average molecular weight is 269 g/mol. The highest BCUT2D eigenvalue weighted by molar-refractivity contribution is 5.36. The maximum atomic E-state index is 12.5. The molecule has 7 heteroatoms. The minimum absolute atomic E-state index is 0.247. The number of aryl methyl sites for hydroxylation is 1. The van der Waals surface area contributed by atoms with Crippen molar-refractivity contribution < 1.29 is 17.9 Å². The molecule has 1 aromatic carbocycles. The largest absolute Gasteiger partial charge is 0.451 e. The first kappa shape index (κ1) is 13.1. The molecule has 0 amide bonds. The molecular weight excluding hydrogens is 259 g/mol. The quantitative estimate of drug-likeness (QED) is 0.909. The molecule has 0 aliphatic rings. The number of hydrogen-bond donors (Lipinski definition) is 1. The van der Waals surface area contributed by atoms with Gasteiger partial charge in [-0.05, 0) is 19.1 Å². The van der Waals surface area contributed by atoms with Gasteiger partial charge in [0.15, 0.2) is 0 Å². The first-order valence-electron chi connectivity index (χ1n) is 5.31. The lowest BCUT2D eigenvalue weighted by Crippen LogP contribution is -2.12.